The minimum atomic E-state index is -0.666. The predicted octanol–water partition coefficient (Wildman–Crippen LogP) is 31.1. The number of hydrogen-bond donors (Lipinski definition) is 0. The van der Waals surface area contributed by atoms with Crippen LogP contribution in [0, 0.1) is 6.92 Å². The summed E-state index contributed by atoms with van der Waals surface area (Å²) in [4.78, 5) is 4.99. The van der Waals surface area contributed by atoms with Gasteiger partial charge in [-0.2, -0.15) is 0 Å². The summed E-state index contributed by atoms with van der Waals surface area (Å²) < 4.78 is 6.61. The van der Waals surface area contributed by atoms with Crippen molar-refractivity contribution in [1.29, 1.82) is 0 Å². The molecule has 0 saturated carbocycles. The molecule has 1 atom stereocenters. The van der Waals surface area contributed by atoms with E-state index in [1.807, 2.05) is 6.07 Å². The second-order valence-electron chi connectivity index (χ2n) is 36.0. The van der Waals surface area contributed by atoms with Gasteiger partial charge in [-0.05, 0) is 230 Å². The van der Waals surface area contributed by atoms with Crippen LogP contribution in [0.3, 0.4) is 0 Å². The summed E-state index contributed by atoms with van der Waals surface area (Å²) in [5, 5.41) is 2.24. The zero-order valence-electron chi connectivity index (χ0n) is 69.5. The van der Waals surface area contributed by atoms with Crippen molar-refractivity contribution in [2.75, 3.05) is 9.80 Å². The van der Waals surface area contributed by atoms with Crippen LogP contribution in [0.15, 0.2) is 399 Å². The molecule has 1 unspecified atom stereocenters. The number of nitrogens with zero attached hydrogens (tertiary/aromatic N) is 2. The van der Waals surface area contributed by atoms with Crippen LogP contribution in [0.5, 0.6) is 0 Å². The highest BCUT2D eigenvalue weighted by atomic mass is 16.3. The maximum Gasteiger partial charge on any atom is 0.143 e. The smallest absolute Gasteiger partial charge is 0.143 e. The zero-order valence-corrected chi connectivity index (χ0v) is 69.5. The van der Waals surface area contributed by atoms with Crippen LogP contribution in [0.25, 0.3) is 88.7 Å². The van der Waals surface area contributed by atoms with E-state index in [1.165, 1.54) is 128 Å². The average Bonchev–Trinajstić information content (AvgIpc) is 1.56. The largest absolute Gasteiger partial charge is 0.455 e. The first-order valence-electron chi connectivity index (χ1n) is 42.5. The van der Waals surface area contributed by atoms with Gasteiger partial charge in [0.15, 0.2) is 0 Å². The Morgan fingerprint density at radius 1 is 0.267 bits per heavy atom. The van der Waals surface area contributed by atoms with Crippen molar-refractivity contribution in [3.05, 3.63) is 478 Å². The van der Waals surface area contributed by atoms with Crippen LogP contribution in [0.4, 0.5) is 34.1 Å². The molecule has 1 heterocycles. The third-order valence-corrected chi connectivity index (χ3v) is 26.5. The van der Waals surface area contributed by atoms with Gasteiger partial charge in [0.05, 0.1) is 16.5 Å². The van der Waals surface area contributed by atoms with Crippen molar-refractivity contribution in [2.45, 2.75) is 95.8 Å². The van der Waals surface area contributed by atoms with E-state index in [2.05, 4.69) is 460 Å². The van der Waals surface area contributed by atoms with E-state index >= 15 is 0 Å². The van der Waals surface area contributed by atoms with E-state index in [9.17, 15) is 0 Å². The van der Waals surface area contributed by atoms with Gasteiger partial charge in [0.1, 0.15) is 11.2 Å². The fourth-order valence-electron chi connectivity index (χ4n) is 20.4. The molecule has 0 amide bonds. The number of hydrogen-bond acceptors (Lipinski definition) is 3. The monoisotopic (exact) mass is 1540 g/mol. The lowest BCUT2D eigenvalue weighted by Gasteiger charge is -2.36. The van der Waals surface area contributed by atoms with Gasteiger partial charge in [-0.25, -0.2) is 0 Å². The highest BCUT2D eigenvalue weighted by Crippen LogP contribution is 2.61. The van der Waals surface area contributed by atoms with Crippen molar-refractivity contribution >= 4 is 56.1 Å². The molecule has 0 spiro atoms. The van der Waals surface area contributed by atoms with Crippen LogP contribution in [0.1, 0.15) is 139 Å². The van der Waals surface area contributed by atoms with Gasteiger partial charge in [-0.1, -0.05) is 382 Å². The molecule has 0 aliphatic heterocycles. The van der Waals surface area contributed by atoms with E-state index in [0.717, 1.165) is 84.7 Å². The second kappa shape index (κ2) is 28.5. The van der Waals surface area contributed by atoms with Crippen LogP contribution in [0.2, 0.25) is 0 Å². The highest BCUT2D eigenvalue weighted by molar-refractivity contribution is 6.10. The predicted molar refractivity (Wildman–Crippen MR) is 503 cm³/mol. The Hall–Kier alpha value is -13.9. The molecule has 120 heavy (non-hydrogen) atoms. The van der Waals surface area contributed by atoms with Crippen molar-refractivity contribution in [3.63, 3.8) is 0 Å². The molecule has 17 aromatic carbocycles. The number of aryl methyl sites for hydroxylation is 1. The van der Waals surface area contributed by atoms with Crippen molar-refractivity contribution in [3.8, 4) is 66.8 Å². The molecule has 0 saturated heterocycles. The molecule has 3 heteroatoms. The summed E-state index contributed by atoms with van der Waals surface area (Å²) in [5.41, 5.74) is 40.3. The van der Waals surface area contributed by atoms with Gasteiger partial charge in [0, 0.05) is 55.8 Å². The molecule has 3 nitrogen and oxygen atoms in total. The normalized spacial score (nSPS) is 14.6. The SMILES string of the molecule is Cc1ccc(C2(c3ccc(Cc4ccc(-c5ccccc5N(c5ccc6c(c5)C(C)(C)c5ccccc5-6)c5ccc6c(c5)C(c5ccc(C(C)(C)C)cc5)(c5ccc(C(C)(C)C)cc5)c5ccccc5-6)cc4)cc3)c3ccccc3-c3ccc(N(c4ccc(-c5ccccc5)cc4)c4ccc(-c5cccc6c5oc5ccccc56)cc4)cc32)cc1. The Kier molecular flexibility index (Phi) is 17.5. The van der Waals surface area contributed by atoms with Gasteiger partial charge in [0.25, 0.3) is 0 Å². The maximum absolute atomic E-state index is 6.61. The second-order valence-corrected chi connectivity index (χ2v) is 36.0. The van der Waals surface area contributed by atoms with Crippen molar-refractivity contribution in [2.24, 2.45) is 0 Å². The molecule has 0 radical (unpaired) electrons. The Morgan fingerprint density at radius 3 is 1.18 bits per heavy atom. The lowest BCUT2D eigenvalue weighted by atomic mass is 9.67. The summed E-state index contributed by atoms with van der Waals surface area (Å²) in [5.74, 6) is 0. The third kappa shape index (κ3) is 12.0. The Bertz CT molecular complexity index is 6940. The maximum atomic E-state index is 6.61. The Labute approximate surface area is 705 Å². The van der Waals surface area contributed by atoms with Crippen LogP contribution in [-0.2, 0) is 33.5 Å². The summed E-state index contributed by atoms with van der Waals surface area (Å²) in [6.07, 6.45) is 0.762. The van der Waals surface area contributed by atoms with E-state index in [4.69, 9.17) is 4.42 Å². The molecule has 21 rings (SSSR count). The summed E-state index contributed by atoms with van der Waals surface area (Å²) in [6, 6.07) is 149. The standard InChI is InChI=1S/C117H94N2O/c1-76-38-50-85(51-39-76)116(105-34-19-14-28-97(105)100-70-66-91(74-108(100)116)118(89-62-46-80(47-63-89)79-24-11-10-12-25-79)90-64-48-82(49-65-90)95-31-23-32-103-102-30-17-22-37-111(102)120-112(95)103)86-52-42-78(43-53-86)72-77-40-44-81(45-41-77)94-26-16-21-36-110(94)119(92-67-69-99-96-27-13-18-33-104(96)115(8,9)107(99)73-92)93-68-71-101-98-29-15-20-35-106(98)117(109(101)75-93,87-58-54-83(55-59-87)113(2,3)4)88-60-56-84(57-61-88)114(5,6)7/h10-71,73-75H,72H2,1-9H3. The van der Waals surface area contributed by atoms with E-state index < -0.39 is 10.8 Å². The first-order chi connectivity index (χ1) is 58.4. The molecule has 3 aliphatic carbocycles. The average molecular weight is 1540 g/mol. The van der Waals surface area contributed by atoms with E-state index in [0.29, 0.717) is 0 Å². The lowest BCUT2D eigenvalue weighted by molar-refractivity contribution is 0.588. The summed E-state index contributed by atoms with van der Waals surface area (Å²) >= 11 is 0. The fraction of sp³-hybridized carbons (Fsp3) is 0.128. The Morgan fingerprint density at radius 2 is 0.633 bits per heavy atom. The van der Waals surface area contributed by atoms with Crippen molar-refractivity contribution in [1.82, 2.24) is 0 Å². The third-order valence-electron chi connectivity index (χ3n) is 26.5. The van der Waals surface area contributed by atoms with E-state index in [1.54, 1.807) is 0 Å². The molecule has 578 valence electrons. The van der Waals surface area contributed by atoms with Crippen LogP contribution < -0.4 is 9.80 Å². The number of anilines is 6. The molecule has 3 aliphatic rings. The number of benzene rings is 17. The summed E-state index contributed by atoms with van der Waals surface area (Å²) in [6.45, 7) is 20.9. The number of rotatable bonds is 15. The molecule has 1 aromatic heterocycles. The minimum Gasteiger partial charge on any atom is -0.455 e. The number of furan rings is 1. The van der Waals surface area contributed by atoms with Gasteiger partial charge in [-0.15, -0.1) is 0 Å². The molecular formula is C117H94N2O. The molecular weight excluding hydrogens is 1450 g/mol. The van der Waals surface area contributed by atoms with Gasteiger partial charge in [-0.3, -0.25) is 0 Å². The summed E-state index contributed by atoms with van der Waals surface area (Å²) in [7, 11) is 0. The lowest BCUT2D eigenvalue weighted by Crippen LogP contribution is -2.29. The molecule has 0 N–H and O–H groups in total. The van der Waals surface area contributed by atoms with Gasteiger partial charge < -0.3 is 14.2 Å². The zero-order chi connectivity index (χ0) is 81.4. The quantitative estimate of drug-likeness (QED) is 0.102. The fourth-order valence-corrected chi connectivity index (χ4v) is 20.4. The number of para-hydroxylation sites is 3. The molecule has 0 bridgehead atoms. The van der Waals surface area contributed by atoms with Crippen LogP contribution >= 0.6 is 0 Å². The first kappa shape index (κ1) is 73.7. The first-order valence-corrected chi connectivity index (χ1v) is 42.5. The van der Waals surface area contributed by atoms with Gasteiger partial charge in [0.2, 0.25) is 0 Å². The van der Waals surface area contributed by atoms with Crippen LogP contribution in [-0.4, -0.2) is 0 Å². The topological polar surface area (TPSA) is 19.6 Å². The molecule has 18 aromatic rings. The van der Waals surface area contributed by atoms with Gasteiger partial charge >= 0.3 is 0 Å². The van der Waals surface area contributed by atoms with E-state index in [-0.39, 0.29) is 16.2 Å². The minimum absolute atomic E-state index is 0.0134. The number of fused-ring (bicyclic) bond motifs is 12. The van der Waals surface area contributed by atoms with Crippen molar-refractivity contribution < 1.29 is 4.42 Å². The Balaban J connectivity index is 0.656. The molecule has 0 fully saturated rings. The highest BCUT2D eigenvalue weighted by Gasteiger charge is 2.49.